The lowest BCUT2D eigenvalue weighted by Gasteiger charge is -2.25. The molecule has 6 heteroatoms. The number of carbonyl (C=O) groups is 1. The van der Waals surface area contributed by atoms with E-state index in [0.29, 0.717) is 14.2 Å². The summed E-state index contributed by atoms with van der Waals surface area (Å²) in [6.45, 7) is 3.51. The summed E-state index contributed by atoms with van der Waals surface area (Å²) in [5.74, 6) is -0.240. The van der Waals surface area contributed by atoms with Crippen molar-refractivity contribution >= 4 is 40.4 Å². The molecule has 0 saturated heterocycles. The van der Waals surface area contributed by atoms with Gasteiger partial charge in [-0.05, 0) is 19.9 Å². The Hall–Kier alpha value is -0.290. The van der Waals surface area contributed by atoms with Gasteiger partial charge < -0.3 is 10.0 Å². The first kappa shape index (κ1) is 13.8. The molecule has 1 heterocycles. The Labute approximate surface area is 109 Å². The molecular weight excluding hydrogens is 269 g/mol. The summed E-state index contributed by atoms with van der Waals surface area (Å²) in [6.07, 6.45) is 0. The van der Waals surface area contributed by atoms with Crippen molar-refractivity contribution in [1.82, 2.24) is 4.90 Å². The van der Waals surface area contributed by atoms with Gasteiger partial charge in [-0.15, -0.1) is 11.3 Å². The van der Waals surface area contributed by atoms with Gasteiger partial charge in [0.15, 0.2) is 0 Å². The van der Waals surface area contributed by atoms with Crippen molar-refractivity contribution in [2.24, 2.45) is 0 Å². The van der Waals surface area contributed by atoms with Gasteiger partial charge in [0.25, 0.3) is 5.91 Å². The van der Waals surface area contributed by atoms with Gasteiger partial charge in [-0.3, -0.25) is 4.79 Å². The largest absolute Gasteiger partial charge is 0.389 e. The zero-order valence-electron chi connectivity index (χ0n) is 9.25. The second-order valence-corrected chi connectivity index (χ2v) is 6.50. The minimum absolute atomic E-state index is 0.232. The molecule has 1 aromatic heterocycles. The summed E-state index contributed by atoms with van der Waals surface area (Å²) in [4.78, 5) is 13.4. The third-order valence-electron chi connectivity index (χ3n) is 1.86. The quantitative estimate of drug-likeness (QED) is 0.926. The average Bonchev–Trinajstić information content (AvgIpc) is 2.41. The van der Waals surface area contributed by atoms with Crippen LogP contribution in [0, 0.1) is 0 Å². The predicted octanol–water partition coefficient (Wildman–Crippen LogP) is 2.90. The van der Waals surface area contributed by atoms with Crippen LogP contribution in [0.4, 0.5) is 0 Å². The maximum Gasteiger partial charge on any atom is 0.256 e. The van der Waals surface area contributed by atoms with Crippen LogP contribution in [0.25, 0.3) is 0 Å². The van der Waals surface area contributed by atoms with Crippen LogP contribution in [-0.2, 0) is 0 Å². The number of rotatable bonds is 3. The lowest BCUT2D eigenvalue weighted by Crippen LogP contribution is -2.39. The molecule has 16 heavy (non-hydrogen) atoms. The monoisotopic (exact) mass is 281 g/mol. The smallest absolute Gasteiger partial charge is 0.256 e. The molecule has 1 rings (SSSR count). The van der Waals surface area contributed by atoms with Gasteiger partial charge in [-0.2, -0.15) is 0 Å². The Bertz CT molecular complexity index is 398. The molecule has 0 saturated carbocycles. The van der Waals surface area contributed by atoms with Crippen molar-refractivity contribution in [3.63, 3.8) is 0 Å². The number of thiophene rings is 1. The molecule has 0 fully saturated rings. The lowest BCUT2D eigenvalue weighted by molar-refractivity contribution is 0.0368. The van der Waals surface area contributed by atoms with Crippen molar-refractivity contribution in [2.45, 2.75) is 19.4 Å². The molecule has 0 aliphatic heterocycles. The fourth-order valence-corrected chi connectivity index (χ4v) is 2.79. The summed E-state index contributed by atoms with van der Waals surface area (Å²) in [7, 11) is 1.61. The minimum atomic E-state index is -0.934. The minimum Gasteiger partial charge on any atom is -0.389 e. The number of halogens is 2. The van der Waals surface area contributed by atoms with Crippen molar-refractivity contribution in [3.05, 3.63) is 20.3 Å². The average molecular weight is 282 g/mol. The van der Waals surface area contributed by atoms with Crippen LogP contribution < -0.4 is 0 Å². The van der Waals surface area contributed by atoms with Crippen LogP contribution in [0.15, 0.2) is 6.07 Å². The third kappa shape index (κ3) is 3.63. The van der Waals surface area contributed by atoms with Crippen LogP contribution in [0.1, 0.15) is 24.2 Å². The summed E-state index contributed by atoms with van der Waals surface area (Å²) >= 11 is 12.8. The number of amides is 1. The number of hydrogen-bond donors (Lipinski definition) is 1. The van der Waals surface area contributed by atoms with E-state index in [0.717, 1.165) is 11.3 Å². The molecule has 0 unspecified atom stereocenters. The Morgan fingerprint density at radius 2 is 2.12 bits per heavy atom. The SMILES string of the molecule is CN(CC(C)(C)O)C(=O)c1cc(Cl)sc1Cl. The van der Waals surface area contributed by atoms with E-state index >= 15 is 0 Å². The molecule has 90 valence electrons. The maximum atomic E-state index is 11.9. The second kappa shape index (κ2) is 4.92. The molecule has 1 aromatic rings. The van der Waals surface area contributed by atoms with Crippen molar-refractivity contribution in [3.8, 4) is 0 Å². The Morgan fingerprint density at radius 1 is 1.56 bits per heavy atom. The highest BCUT2D eigenvalue weighted by Crippen LogP contribution is 2.31. The summed E-state index contributed by atoms with van der Waals surface area (Å²) in [5.41, 5.74) is -0.556. The molecule has 0 aliphatic rings. The molecule has 1 amide bonds. The van der Waals surface area contributed by atoms with Gasteiger partial charge in [-0.25, -0.2) is 0 Å². The van der Waals surface area contributed by atoms with E-state index in [1.54, 1.807) is 20.9 Å². The van der Waals surface area contributed by atoms with Crippen LogP contribution in [0.5, 0.6) is 0 Å². The van der Waals surface area contributed by atoms with E-state index in [1.165, 1.54) is 11.0 Å². The highest BCUT2D eigenvalue weighted by atomic mass is 35.5. The number of nitrogens with zero attached hydrogens (tertiary/aromatic N) is 1. The Morgan fingerprint density at radius 3 is 2.50 bits per heavy atom. The van der Waals surface area contributed by atoms with Crippen LogP contribution in [0.2, 0.25) is 8.67 Å². The first-order chi connectivity index (χ1) is 7.20. The lowest BCUT2D eigenvalue weighted by atomic mass is 10.1. The van der Waals surface area contributed by atoms with Crippen molar-refractivity contribution in [2.75, 3.05) is 13.6 Å². The first-order valence-corrected chi connectivity index (χ1v) is 6.20. The molecule has 0 radical (unpaired) electrons. The normalized spacial score (nSPS) is 11.6. The topological polar surface area (TPSA) is 40.5 Å². The maximum absolute atomic E-state index is 11.9. The van der Waals surface area contributed by atoms with Crippen molar-refractivity contribution < 1.29 is 9.90 Å². The summed E-state index contributed by atoms with van der Waals surface area (Å²) in [6, 6.07) is 1.54. The molecular formula is C10H13Cl2NO2S. The highest BCUT2D eigenvalue weighted by molar-refractivity contribution is 7.20. The molecule has 0 aliphatic carbocycles. The van der Waals surface area contributed by atoms with E-state index in [-0.39, 0.29) is 12.5 Å². The number of likely N-dealkylation sites (N-methyl/N-ethyl adjacent to an activating group) is 1. The van der Waals surface area contributed by atoms with Gasteiger partial charge in [0.05, 0.1) is 15.5 Å². The number of hydrogen-bond acceptors (Lipinski definition) is 3. The number of carbonyl (C=O) groups excluding carboxylic acids is 1. The predicted molar refractivity (Wildman–Crippen MR) is 67.6 cm³/mol. The van der Waals surface area contributed by atoms with Gasteiger partial charge in [-0.1, -0.05) is 23.2 Å². The van der Waals surface area contributed by atoms with Gasteiger partial charge >= 0.3 is 0 Å². The Balaban J connectivity index is 2.82. The molecule has 1 N–H and O–H groups in total. The zero-order valence-corrected chi connectivity index (χ0v) is 11.6. The van der Waals surface area contributed by atoms with Crippen LogP contribution in [0.3, 0.4) is 0 Å². The molecule has 0 bridgehead atoms. The third-order valence-corrected chi connectivity index (χ3v) is 3.35. The highest BCUT2D eigenvalue weighted by Gasteiger charge is 2.23. The van der Waals surface area contributed by atoms with Crippen molar-refractivity contribution in [1.29, 1.82) is 0 Å². The van der Waals surface area contributed by atoms with E-state index in [4.69, 9.17) is 23.2 Å². The number of aliphatic hydroxyl groups is 1. The van der Waals surface area contributed by atoms with E-state index < -0.39 is 5.60 Å². The summed E-state index contributed by atoms with van der Waals surface area (Å²) < 4.78 is 0.850. The second-order valence-electron chi connectivity index (χ2n) is 4.21. The van der Waals surface area contributed by atoms with E-state index in [2.05, 4.69) is 0 Å². The first-order valence-electron chi connectivity index (χ1n) is 4.63. The van der Waals surface area contributed by atoms with Gasteiger partial charge in [0.2, 0.25) is 0 Å². The molecule has 0 aromatic carbocycles. The fraction of sp³-hybridized carbons (Fsp3) is 0.500. The standard InChI is InChI=1S/C10H13Cl2NO2S/c1-10(2,15)5-13(3)9(14)6-4-7(11)16-8(6)12/h4,15H,5H2,1-3H3. The molecule has 0 atom stereocenters. The molecule has 3 nitrogen and oxygen atoms in total. The van der Waals surface area contributed by atoms with E-state index in [9.17, 15) is 9.90 Å². The Kier molecular flexibility index (Phi) is 4.23. The zero-order chi connectivity index (χ0) is 12.5. The summed E-state index contributed by atoms with van der Waals surface area (Å²) in [5, 5.41) is 9.61. The van der Waals surface area contributed by atoms with E-state index in [1.807, 2.05) is 0 Å². The van der Waals surface area contributed by atoms with Gasteiger partial charge in [0, 0.05) is 13.6 Å². The van der Waals surface area contributed by atoms with Crippen LogP contribution >= 0.6 is 34.5 Å². The van der Waals surface area contributed by atoms with Crippen LogP contribution in [-0.4, -0.2) is 35.1 Å². The molecule has 0 spiro atoms. The van der Waals surface area contributed by atoms with Gasteiger partial charge in [0.1, 0.15) is 4.34 Å². The fourth-order valence-electron chi connectivity index (χ4n) is 1.34.